The highest BCUT2D eigenvalue weighted by Gasteiger charge is 2.31. The van der Waals surface area contributed by atoms with Crippen LogP contribution < -0.4 is 5.32 Å². The fourth-order valence-electron chi connectivity index (χ4n) is 3.33. The van der Waals surface area contributed by atoms with Crippen molar-refractivity contribution in [1.82, 2.24) is 10.2 Å². The van der Waals surface area contributed by atoms with Gasteiger partial charge in [-0.15, -0.1) is 0 Å². The maximum absolute atomic E-state index is 5.81. The molecule has 3 rings (SSSR count). The van der Waals surface area contributed by atoms with E-state index < -0.39 is 0 Å². The highest BCUT2D eigenvalue weighted by molar-refractivity contribution is 5.24. The van der Waals surface area contributed by atoms with Gasteiger partial charge in [-0.2, -0.15) is 0 Å². The molecule has 21 heavy (non-hydrogen) atoms. The smallest absolute Gasteiger partial charge is 0.0936 e. The Morgan fingerprint density at radius 3 is 2.90 bits per heavy atom. The van der Waals surface area contributed by atoms with Gasteiger partial charge in [0.15, 0.2) is 0 Å². The fourth-order valence-corrected chi connectivity index (χ4v) is 3.33. The van der Waals surface area contributed by atoms with Crippen LogP contribution in [0, 0.1) is 0 Å². The number of benzene rings is 1. The average molecular weight is 290 g/mol. The number of hydrogen-bond donors (Lipinski definition) is 1. The predicted octanol–water partition coefficient (Wildman–Crippen LogP) is 1.61. The fraction of sp³-hybridized carbons (Fsp3) is 0.647. The molecule has 0 saturated carbocycles. The summed E-state index contributed by atoms with van der Waals surface area (Å²) in [7, 11) is 0. The molecule has 0 bridgehead atoms. The molecule has 2 aliphatic rings. The third kappa shape index (κ3) is 3.83. The topological polar surface area (TPSA) is 33.7 Å². The molecular formula is C17H26N2O2. The second kappa shape index (κ2) is 6.88. The third-order valence-electron chi connectivity index (χ3n) is 4.46. The standard InChI is InChI=1S/C17H26N2O2/c1-17(15-6-3-2-4-7-15)14-19(9-5-8-18-17)12-16-13-20-10-11-21-16/h2-4,6-7,16,18H,5,8-14H2,1H3. The Balaban J connectivity index is 1.68. The molecule has 2 atom stereocenters. The molecule has 0 radical (unpaired) electrons. The lowest BCUT2D eigenvalue weighted by atomic mass is 9.91. The number of nitrogens with zero attached hydrogens (tertiary/aromatic N) is 1. The first-order chi connectivity index (χ1) is 10.3. The van der Waals surface area contributed by atoms with Crippen molar-refractivity contribution in [2.24, 2.45) is 0 Å². The summed E-state index contributed by atoms with van der Waals surface area (Å²) in [6.45, 7) is 8.65. The molecule has 1 aromatic rings. The molecule has 4 heteroatoms. The molecule has 4 nitrogen and oxygen atoms in total. The minimum atomic E-state index is 0.00723. The van der Waals surface area contributed by atoms with Gasteiger partial charge in [0.25, 0.3) is 0 Å². The quantitative estimate of drug-likeness (QED) is 0.917. The van der Waals surface area contributed by atoms with Gasteiger partial charge in [0.2, 0.25) is 0 Å². The van der Waals surface area contributed by atoms with Crippen LogP contribution in [0.15, 0.2) is 30.3 Å². The van der Waals surface area contributed by atoms with E-state index in [0.29, 0.717) is 0 Å². The van der Waals surface area contributed by atoms with Gasteiger partial charge in [-0.05, 0) is 32.0 Å². The van der Waals surface area contributed by atoms with Gasteiger partial charge in [-0.25, -0.2) is 0 Å². The Labute approximate surface area is 127 Å². The summed E-state index contributed by atoms with van der Waals surface area (Å²) in [6.07, 6.45) is 1.40. The van der Waals surface area contributed by atoms with Crippen LogP contribution in [0.25, 0.3) is 0 Å². The summed E-state index contributed by atoms with van der Waals surface area (Å²) in [5.41, 5.74) is 1.37. The Bertz CT molecular complexity index is 434. The van der Waals surface area contributed by atoms with E-state index in [1.807, 2.05) is 0 Å². The van der Waals surface area contributed by atoms with Gasteiger partial charge < -0.3 is 14.8 Å². The highest BCUT2D eigenvalue weighted by atomic mass is 16.6. The van der Waals surface area contributed by atoms with E-state index in [0.717, 1.165) is 46.0 Å². The van der Waals surface area contributed by atoms with Crippen LogP contribution in [0.5, 0.6) is 0 Å². The summed E-state index contributed by atoms with van der Waals surface area (Å²) in [5, 5.41) is 3.73. The lowest BCUT2D eigenvalue weighted by Gasteiger charge is -2.36. The summed E-state index contributed by atoms with van der Waals surface area (Å²) in [6, 6.07) is 10.8. The van der Waals surface area contributed by atoms with Crippen LogP contribution in [-0.2, 0) is 15.0 Å². The minimum Gasteiger partial charge on any atom is -0.376 e. The van der Waals surface area contributed by atoms with Gasteiger partial charge >= 0.3 is 0 Å². The van der Waals surface area contributed by atoms with Crippen molar-refractivity contribution in [3.63, 3.8) is 0 Å². The maximum Gasteiger partial charge on any atom is 0.0936 e. The van der Waals surface area contributed by atoms with E-state index in [-0.39, 0.29) is 11.6 Å². The minimum absolute atomic E-state index is 0.00723. The third-order valence-corrected chi connectivity index (χ3v) is 4.46. The van der Waals surface area contributed by atoms with Gasteiger partial charge in [-0.1, -0.05) is 30.3 Å². The van der Waals surface area contributed by atoms with Crippen molar-refractivity contribution >= 4 is 0 Å². The Kier molecular flexibility index (Phi) is 4.91. The number of nitrogens with one attached hydrogen (secondary N) is 1. The number of hydrogen-bond acceptors (Lipinski definition) is 4. The lowest BCUT2D eigenvalue weighted by molar-refractivity contribution is -0.0982. The van der Waals surface area contributed by atoms with Crippen LogP contribution >= 0.6 is 0 Å². The van der Waals surface area contributed by atoms with Gasteiger partial charge in [0.05, 0.1) is 31.5 Å². The monoisotopic (exact) mass is 290 g/mol. The molecule has 0 aliphatic carbocycles. The molecule has 1 N–H and O–H groups in total. The van der Waals surface area contributed by atoms with E-state index in [4.69, 9.17) is 9.47 Å². The molecular weight excluding hydrogens is 264 g/mol. The molecule has 0 aromatic heterocycles. The summed E-state index contributed by atoms with van der Waals surface area (Å²) < 4.78 is 11.3. The van der Waals surface area contributed by atoms with Crippen LogP contribution in [0.1, 0.15) is 18.9 Å². The zero-order valence-corrected chi connectivity index (χ0v) is 12.9. The molecule has 2 fully saturated rings. The van der Waals surface area contributed by atoms with Gasteiger partial charge in [0, 0.05) is 13.1 Å². The van der Waals surface area contributed by atoms with Crippen LogP contribution in [0.4, 0.5) is 0 Å². The van der Waals surface area contributed by atoms with Crippen molar-refractivity contribution in [2.45, 2.75) is 25.0 Å². The predicted molar refractivity (Wildman–Crippen MR) is 83.4 cm³/mol. The van der Waals surface area contributed by atoms with Crippen molar-refractivity contribution in [3.05, 3.63) is 35.9 Å². The SMILES string of the molecule is CC1(c2ccccc2)CN(CC2COCCO2)CCCN1. The zero-order valence-electron chi connectivity index (χ0n) is 12.9. The van der Waals surface area contributed by atoms with Crippen molar-refractivity contribution in [2.75, 3.05) is 46.0 Å². The van der Waals surface area contributed by atoms with Crippen LogP contribution in [0.2, 0.25) is 0 Å². The number of rotatable bonds is 3. The van der Waals surface area contributed by atoms with E-state index in [9.17, 15) is 0 Å². The van der Waals surface area contributed by atoms with E-state index >= 15 is 0 Å². The summed E-state index contributed by atoms with van der Waals surface area (Å²) >= 11 is 0. The molecule has 2 unspecified atom stereocenters. The molecule has 1 aromatic carbocycles. The number of ether oxygens (including phenoxy) is 2. The first-order valence-corrected chi connectivity index (χ1v) is 7.98. The molecule has 0 amide bonds. The largest absolute Gasteiger partial charge is 0.376 e. The Morgan fingerprint density at radius 2 is 2.14 bits per heavy atom. The Morgan fingerprint density at radius 1 is 1.29 bits per heavy atom. The molecule has 0 spiro atoms. The van der Waals surface area contributed by atoms with Crippen molar-refractivity contribution < 1.29 is 9.47 Å². The first-order valence-electron chi connectivity index (χ1n) is 7.98. The van der Waals surface area contributed by atoms with Crippen molar-refractivity contribution in [1.29, 1.82) is 0 Å². The van der Waals surface area contributed by atoms with Gasteiger partial charge in [-0.3, -0.25) is 4.90 Å². The summed E-state index contributed by atoms with van der Waals surface area (Å²) in [4.78, 5) is 2.52. The highest BCUT2D eigenvalue weighted by Crippen LogP contribution is 2.24. The van der Waals surface area contributed by atoms with Gasteiger partial charge in [0.1, 0.15) is 0 Å². The molecule has 2 saturated heterocycles. The maximum atomic E-state index is 5.81. The lowest BCUT2D eigenvalue weighted by Crippen LogP contribution is -2.49. The van der Waals surface area contributed by atoms with Crippen LogP contribution in [0.3, 0.4) is 0 Å². The molecule has 2 aliphatic heterocycles. The zero-order chi connectivity index (χ0) is 14.5. The summed E-state index contributed by atoms with van der Waals surface area (Å²) in [5.74, 6) is 0. The first kappa shape index (κ1) is 15.0. The van der Waals surface area contributed by atoms with E-state index in [2.05, 4.69) is 47.5 Å². The second-order valence-electron chi connectivity index (χ2n) is 6.28. The van der Waals surface area contributed by atoms with Crippen LogP contribution in [-0.4, -0.2) is 57.0 Å². The average Bonchev–Trinajstić information content (AvgIpc) is 2.72. The molecule has 2 heterocycles. The normalized spacial score (nSPS) is 31.8. The Hall–Kier alpha value is -0.940. The van der Waals surface area contributed by atoms with E-state index in [1.54, 1.807) is 0 Å². The van der Waals surface area contributed by atoms with Crippen molar-refractivity contribution in [3.8, 4) is 0 Å². The second-order valence-corrected chi connectivity index (χ2v) is 6.28. The molecule has 116 valence electrons. The van der Waals surface area contributed by atoms with E-state index in [1.165, 1.54) is 12.0 Å².